The molecule has 4 nitrogen and oxygen atoms in total. The number of amides is 2. The van der Waals surface area contributed by atoms with E-state index in [2.05, 4.69) is 5.32 Å². The maximum atomic E-state index is 13.6. The SMILES string of the molecule is NC(=O)c1ccccc1NC(=O)Cc1ccc(Cl)cc1F. The van der Waals surface area contributed by atoms with Gasteiger partial charge in [0.15, 0.2) is 0 Å². The minimum absolute atomic E-state index is 0.171. The standard InChI is InChI=1S/C15H12ClFN2O2/c16-10-6-5-9(12(17)8-10)7-14(20)19-13-4-2-1-3-11(13)15(18)21/h1-6,8H,7H2,(H2,18,21)(H,19,20). The smallest absolute Gasteiger partial charge is 0.250 e. The number of primary amides is 1. The Morgan fingerprint density at radius 1 is 1.19 bits per heavy atom. The second kappa shape index (κ2) is 6.37. The molecule has 3 N–H and O–H groups in total. The maximum absolute atomic E-state index is 13.6. The molecule has 0 aliphatic carbocycles. The Balaban J connectivity index is 2.14. The maximum Gasteiger partial charge on any atom is 0.250 e. The van der Waals surface area contributed by atoms with Crippen molar-refractivity contribution in [3.8, 4) is 0 Å². The van der Waals surface area contributed by atoms with Crippen LogP contribution in [0.5, 0.6) is 0 Å². The molecule has 6 heteroatoms. The Morgan fingerprint density at radius 3 is 2.57 bits per heavy atom. The van der Waals surface area contributed by atoms with Crippen molar-refractivity contribution < 1.29 is 14.0 Å². The summed E-state index contributed by atoms with van der Waals surface area (Å²) in [6.45, 7) is 0. The first-order chi connectivity index (χ1) is 9.97. The van der Waals surface area contributed by atoms with Crippen LogP contribution in [0.3, 0.4) is 0 Å². The van der Waals surface area contributed by atoms with E-state index in [0.29, 0.717) is 5.69 Å². The first kappa shape index (κ1) is 15.0. The van der Waals surface area contributed by atoms with E-state index in [1.165, 1.54) is 18.2 Å². The number of para-hydroxylation sites is 1. The van der Waals surface area contributed by atoms with E-state index in [1.807, 2.05) is 0 Å². The fourth-order valence-corrected chi connectivity index (χ4v) is 2.00. The van der Waals surface area contributed by atoms with Crippen LogP contribution in [0.15, 0.2) is 42.5 Å². The van der Waals surface area contributed by atoms with Crippen molar-refractivity contribution in [2.45, 2.75) is 6.42 Å². The summed E-state index contributed by atoms with van der Waals surface area (Å²) in [5.41, 5.74) is 5.93. The number of carbonyl (C=O) groups is 2. The molecule has 2 rings (SSSR count). The normalized spacial score (nSPS) is 10.2. The summed E-state index contributed by atoms with van der Waals surface area (Å²) in [5, 5.41) is 2.80. The molecule has 0 radical (unpaired) electrons. The van der Waals surface area contributed by atoms with Gasteiger partial charge in [0.05, 0.1) is 17.7 Å². The van der Waals surface area contributed by atoms with Gasteiger partial charge < -0.3 is 11.1 Å². The Kier molecular flexibility index (Phi) is 4.55. The lowest BCUT2D eigenvalue weighted by Crippen LogP contribution is -2.19. The number of halogens is 2. The largest absolute Gasteiger partial charge is 0.366 e. The number of benzene rings is 2. The molecule has 0 aromatic heterocycles. The highest BCUT2D eigenvalue weighted by atomic mass is 35.5. The van der Waals surface area contributed by atoms with Gasteiger partial charge in [-0.1, -0.05) is 29.8 Å². The molecule has 2 amide bonds. The van der Waals surface area contributed by atoms with Gasteiger partial charge in [0.2, 0.25) is 5.91 Å². The van der Waals surface area contributed by atoms with Crippen molar-refractivity contribution in [3.05, 3.63) is 64.4 Å². The highest BCUT2D eigenvalue weighted by molar-refractivity contribution is 6.30. The van der Waals surface area contributed by atoms with Crippen LogP contribution in [0.4, 0.5) is 10.1 Å². The molecular weight excluding hydrogens is 295 g/mol. The lowest BCUT2D eigenvalue weighted by Gasteiger charge is -2.09. The molecular formula is C15H12ClFN2O2. The van der Waals surface area contributed by atoms with Gasteiger partial charge in [0.1, 0.15) is 5.82 Å². The van der Waals surface area contributed by atoms with E-state index in [9.17, 15) is 14.0 Å². The van der Waals surface area contributed by atoms with Crippen molar-refractivity contribution >= 4 is 29.1 Å². The number of nitrogens with one attached hydrogen (secondary N) is 1. The average Bonchev–Trinajstić information content (AvgIpc) is 2.42. The Morgan fingerprint density at radius 2 is 1.90 bits per heavy atom. The molecule has 0 atom stereocenters. The van der Waals surface area contributed by atoms with E-state index in [1.54, 1.807) is 18.2 Å². The number of anilines is 1. The number of rotatable bonds is 4. The Labute approximate surface area is 125 Å². The van der Waals surface area contributed by atoms with Crippen LogP contribution in [0.1, 0.15) is 15.9 Å². The third-order valence-electron chi connectivity index (χ3n) is 2.83. The predicted octanol–water partition coefficient (Wildman–Crippen LogP) is 2.76. The van der Waals surface area contributed by atoms with Crippen molar-refractivity contribution in [2.24, 2.45) is 5.73 Å². The van der Waals surface area contributed by atoms with Gasteiger partial charge >= 0.3 is 0 Å². The fraction of sp³-hybridized carbons (Fsp3) is 0.0667. The summed E-state index contributed by atoms with van der Waals surface area (Å²) < 4.78 is 13.6. The molecule has 21 heavy (non-hydrogen) atoms. The number of nitrogens with two attached hydrogens (primary N) is 1. The highest BCUT2D eigenvalue weighted by Crippen LogP contribution is 2.17. The van der Waals surface area contributed by atoms with Crippen molar-refractivity contribution in [2.75, 3.05) is 5.32 Å². The average molecular weight is 307 g/mol. The third kappa shape index (κ3) is 3.79. The fourth-order valence-electron chi connectivity index (χ4n) is 1.84. The van der Waals surface area contributed by atoms with Crippen LogP contribution in [0.25, 0.3) is 0 Å². The van der Waals surface area contributed by atoms with E-state index in [-0.39, 0.29) is 22.6 Å². The van der Waals surface area contributed by atoms with Crippen LogP contribution < -0.4 is 11.1 Å². The summed E-state index contributed by atoms with van der Waals surface area (Å²) >= 11 is 5.65. The van der Waals surface area contributed by atoms with Gasteiger partial charge in [-0.3, -0.25) is 9.59 Å². The van der Waals surface area contributed by atoms with E-state index >= 15 is 0 Å². The van der Waals surface area contributed by atoms with Gasteiger partial charge in [0, 0.05) is 5.02 Å². The lowest BCUT2D eigenvalue weighted by atomic mass is 10.1. The van der Waals surface area contributed by atoms with Gasteiger partial charge in [-0.15, -0.1) is 0 Å². The molecule has 0 saturated heterocycles. The monoisotopic (exact) mass is 306 g/mol. The molecule has 2 aromatic carbocycles. The summed E-state index contributed by atoms with van der Waals surface area (Å²) in [6, 6.07) is 10.4. The quantitative estimate of drug-likeness (QED) is 0.911. The summed E-state index contributed by atoms with van der Waals surface area (Å²) in [4.78, 5) is 23.2. The first-order valence-corrected chi connectivity index (χ1v) is 6.48. The topological polar surface area (TPSA) is 72.2 Å². The summed E-state index contributed by atoms with van der Waals surface area (Å²) in [6.07, 6.45) is -0.171. The molecule has 0 spiro atoms. The van der Waals surface area contributed by atoms with Crippen LogP contribution >= 0.6 is 11.6 Å². The third-order valence-corrected chi connectivity index (χ3v) is 3.07. The lowest BCUT2D eigenvalue weighted by molar-refractivity contribution is -0.115. The Hall–Kier alpha value is -2.40. The van der Waals surface area contributed by atoms with Crippen molar-refractivity contribution in [1.29, 1.82) is 0 Å². The van der Waals surface area contributed by atoms with Crippen molar-refractivity contribution in [1.82, 2.24) is 0 Å². The molecule has 0 heterocycles. The zero-order chi connectivity index (χ0) is 15.4. The molecule has 0 aliphatic rings. The van der Waals surface area contributed by atoms with Gasteiger partial charge in [-0.2, -0.15) is 0 Å². The molecule has 0 saturated carbocycles. The van der Waals surface area contributed by atoms with E-state index in [0.717, 1.165) is 6.07 Å². The van der Waals surface area contributed by atoms with Crippen LogP contribution in [0, 0.1) is 5.82 Å². The minimum atomic E-state index is -0.649. The second-order valence-corrected chi connectivity index (χ2v) is 4.81. The molecule has 0 bridgehead atoms. The molecule has 0 fully saturated rings. The molecule has 108 valence electrons. The number of hydrogen-bond donors (Lipinski definition) is 2. The second-order valence-electron chi connectivity index (χ2n) is 4.37. The van der Waals surface area contributed by atoms with Gasteiger partial charge in [-0.25, -0.2) is 4.39 Å². The molecule has 0 unspecified atom stereocenters. The van der Waals surface area contributed by atoms with Gasteiger partial charge in [-0.05, 0) is 29.8 Å². The van der Waals surface area contributed by atoms with Crippen LogP contribution in [-0.4, -0.2) is 11.8 Å². The zero-order valence-electron chi connectivity index (χ0n) is 10.9. The van der Waals surface area contributed by atoms with E-state index in [4.69, 9.17) is 17.3 Å². The minimum Gasteiger partial charge on any atom is -0.366 e. The summed E-state index contributed by atoms with van der Waals surface area (Å²) in [7, 11) is 0. The molecule has 2 aromatic rings. The zero-order valence-corrected chi connectivity index (χ0v) is 11.7. The number of carbonyl (C=O) groups excluding carboxylic acids is 2. The van der Waals surface area contributed by atoms with Crippen LogP contribution in [-0.2, 0) is 11.2 Å². The number of hydrogen-bond acceptors (Lipinski definition) is 2. The van der Waals surface area contributed by atoms with Crippen molar-refractivity contribution in [3.63, 3.8) is 0 Å². The van der Waals surface area contributed by atoms with E-state index < -0.39 is 17.6 Å². The van der Waals surface area contributed by atoms with Gasteiger partial charge in [0.25, 0.3) is 5.91 Å². The van der Waals surface area contributed by atoms with Crippen LogP contribution in [0.2, 0.25) is 5.02 Å². The first-order valence-electron chi connectivity index (χ1n) is 6.10. The predicted molar refractivity (Wildman–Crippen MR) is 78.7 cm³/mol. The Bertz CT molecular complexity index is 704. The molecule has 0 aliphatic heterocycles. The highest BCUT2D eigenvalue weighted by Gasteiger charge is 2.12. The summed E-state index contributed by atoms with van der Waals surface area (Å²) in [5.74, 6) is -1.66.